The van der Waals surface area contributed by atoms with E-state index in [-0.39, 0.29) is 18.1 Å². The SMILES string of the molecule is O=C(O)CC(O)c1ccccc1-c1ccc2c(c1)CCC1(COC(=O)N1)C2. The lowest BCUT2D eigenvalue weighted by Crippen LogP contribution is -2.48. The van der Waals surface area contributed by atoms with E-state index in [0.717, 1.165) is 30.4 Å². The van der Waals surface area contributed by atoms with Gasteiger partial charge in [0, 0.05) is 0 Å². The van der Waals surface area contributed by atoms with E-state index in [2.05, 4.69) is 17.4 Å². The molecule has 0 saturated carbocycles. The van der Waals surface area contributed by atoms with E-state index >= 15 is 0 Å². The van der Waals surface area contributed by atoms with Gasteiger partial charge in [0.15, 0.2) is 0 Å². The van der Waals surface area contributed by atoms with E-state index < -0.39 is 12.1 Å². The van der Waals surface area contributed by atoms with Crippen LogP contribution in [-0.4, -0.2) is 34.4 Å². The quantitative estimate of drug-likeness (QED) is 0.772. The van der Waals surface area contributed by atoms with Gasteiger partial charge in [0.25, 0.3) is 0 Å². The number of carboxylic acids is 1. The number of carboxylic acid groups (broad SMARTS) is 1. The van der Waals surface area contributed by atoms with Gasteiger partial charge in [-0.3, -0.25) is 4.79 Å². The lowest BCUT2D eigenvalue weighted by atomic mass is 9.78. The number of carbonyl (C=O) groups excluding carboxylic acids is 1. The fourth-order valence-electron chi connectivity index (χ4n) is 4.07. The first kappa shape index (κ1) is 17.5. The summed E-state index contributed by atoms with van der Waals surface area (Å²) in [6.45, 7) is 0.400. The number of aryl methyl sites for hydroxylation is 1. The molecule has 27 heavy (non-hydrogen) atoms. The Balaban J connectivity index is 1.64. The van der Waals surface area contributed by atoms with Crippen molar-refractivity contribution in [2.75, 3.05) is 6.61 Å². The van der Waals surface area contributed by atoms with Gasteiger partial charge in [-0.1, -0.05) is 42.5 Å². The summed E-state index contributed by atoms with van der Waals surface area (Å²) in [6, 6.07) is 13.5. The maximum atomic E-state index is 11.4. The van der Waals surface area contributed by atoms with E-state index in [1.807, 2.05) is 18.2 Å². The third-order valence-corrected chi connectivity index (χ3v) is 5.45. The molecule has 1 amide bonds. The molecule has 1 aliphatic carbocycles. The molecule has 6 nitrogen and oxygen atoms in total. The summed E-state index contributed by atoms with van der Waals surface area (Å²) in [7, 11) is 0. The minimum Gasteiger partial charge on any atom is -0.481 e. The Morgan fingerprint density at radius 3 is 2.78 bits per heavy atom. The molecule has 2 unspecified atom stereocenters. The zero-order valence-corrected chi connectivity index (χ0v) is 14.8. The minimum atomic E-state index is -1.05. The first-order valence-corrected chi connectivity index (χ1v) is 9.02. The molecule has 1 heterocycles. The van der Waals surface area contributed by atoms with Gasteiger partial charge in [-0.05, 0) is 47.1 Å². The molecule has 3 N–H and O–H groups in total. The number of ether oxygens (including phenoxy) is 1. The maximum absolute atomic E-state index is 11.4. The molecule has 140 valence electrons. The number of cyclic esters (lactones) is 1. The number of aliphatic hydroxyl groups excluding tert-OH is 1. The van der Waals surface area contributed by atoms with Crippen molar-refractivity contribution in [3.05, 3.63) is 59.2 Å². The lowest BCUT2D eigenvalue weighted by Gasteiger charge is -2.32. The molecule has 4 rings (SSSR count). The van der Waals surface area contributed by atoms with Crippen molar-refractivity contribution in [3.8, 4) is 11.1 Å². The van der Waals surface area contributed by atoms with Crippen LogP contribution in [0.3, 0.4) is 0 Å². The summed E-state index contributed by atoms with van der Waals surface area (Å²) in [6.07, 6.45) is 0.646. The van der Waals surface area contributed by atoms with Crippen LogP contribution >= 0.6 is 0 Å². The number of rotatable bonds is 4. The van der Waals surface area contributed by atoms with Gasteiger partial charge in [-0.2, -0.15) is 0 Å². The highest BCUT2D eigenvalue weighted by molar-refractivity contribution is 5.73. The molecule has 1 aliphatic heterocycles. The second-order valence-corrected chi connectivity index (χ2v) is 7.34. The molecular formula is C21H21NO5. The first-order valence-electron chi connectivity index (χ1n) is 9.02. The summed E-state index contributed by atoms with van der Waals surface area (Å²) in [5, 5.41) is 22.2. The van der Waals surface area contributed by atoms with Gasteiger partial charge < -0.3 is 20.3 Å². The number of aliphatic hydroxyl groups is 1. The Kier molecular flexibility index (Phi) is 4.36. The molecule has 1 fully saturated rings. The average molecular weight is 367 g/mol. The molecular weight excluding hydrogens is 346 g/mol. The van der Waals surface area contributed by atoms with Crippen LogP contribution in [0.4, 0.5) is 4.79 Å². The highest BCUT2D eigenvalue weighted by atomic mass is 16.6. The summed E-state index contributed by atoms with van der Waals surface area (Å²) < 4.78 is 5.10. The molecule has 6 heteroatoms. The van der Waals surface area contributed by atoms with Gasteiger partial charge >= 0.3 is 12.1 Å². The highest BCUT2D eigenvalue weighted by Crippen LogP contribution is 2.36. The number of aliphatic carboxylic acids is 1. The molecule has 0 aromatic heterocycles. The summed E-state index contributed by atoms with van der Waals surface area (Å²) in [5.41, 5.74) is 4.49. The maximum Gasteiger partial charge on any atom is 0.407 e. The Labute approximate surface area is 156 Å². The first-order chi connectivity index (χ1) is 13.0. The van der Waals surface area contributed by atoms with Crippen LogP contribution in [0, 0.1) is 0 Å². The Bertz CT molecular complexity index is 909. The molecule has 2 atom stereocenters. The smallest absolute Gasteiger partial charge is 0.407 e. The average Bonchev–Trinajstić information content (AvgIpc) is 3.00. The number of amides is 1. The van der Waals surface area contributed by atoms with Crippen LogP contribution in [0.5, 0.6) is 0 Å². The molecule has 1 spiro atoms. The summed E-state index contributed by atoms with van der Waals surface area (Å²) in [5.74, 6) is -1.03. The van der Waals surface area contributed by atoms with Crippen molar-refractivity contribution < 1.29 is 24.5 Å². The second-order valence-electron chi connectivity index (χ2n) is 7.34. The van der Waals surface area contributed by atoms with Crippen molar-refractivity contribution >= 4 is 12.1 Å². The predicted molar refractivity (Wildman–Crippen MR) is 98.3 cm³/mol. The number of hydrogen-bond acceptors (Lipinski definition) is 4. The number of fused-ring (bicyclic) bond motifs is 1. The van der Waals surface area contributed by atoms with E-state index in [9.17, 15) is 14.7 Å². The second kappa shape index (κ2) is 6.70. The number of carbonyl (C=O) groups is 2. The number of benzene rings is 2. The Morgan fingerprint density at radius 2 is 2.04 bits per heavy atom. The van der Waals surface area contributed by atoms with Crippen LogP contribution < -0.4 is 5.32 Å². The molecule has 0 bridgehead atoms. The minimum absolute atomic E-state index is 0.304. The lowest BCUT2D eigenvalue weighted by molar-refractivity contribution is -0.139. The van der Waals surface area contributed by atoms with Crippen molar-refractivity contribution in [1.82, 2.24) is 5.32 Å². The van der Waals surface area contributed by atoms with Crippen molar-refractivity contribution in [1.29, 1.82) is 0 Å². The number of alkyl carbamates (subject to hydrolysis) is 1. The molecule has 0 radical (unpaired) electrons. The molecule has 2 aliphatic rings. The third kappa shape index (κ3) is 3.40. The zero-order chi connectivity index (χ0) is 19.0. The predicted octanol–water partition coefficient (Wildman–Crippen LogP) is 2.83. The molecule has 2 aromatic rings. The van der Waals surface area contributed by atoms with E-state index in [1.54, 1.807) is 12.1 Å². The monoisotopic (exact) mass is 367 g/mol. The largest absolute Gasteiger partial charge is 0.481 e. The van der Waals surface area contributed by atoms with Gasteiger partial charge in [-0.25, -0.2) is 4.79 Å². The fourth-order valence-corrected chi connectivity index (χ4v) is 4.07. The van der Waals surface area contributed by atoms with Gasteiger partial charge in [-0.15, -0.1) is 0 Å². The molecule has 1 saturated heterocycles. The van der Waals surface area contributed by atoms with Crippen LogP contribution in [0.1, 0.15) is 35.6 Å². The van der Waals surface area contributed by atoms with Crippen LogP contribution in [-0.2, 0) is 22.4 Å². The standard InChI is InChI=1S/C21H21NO5/c23-18(10-19(24)25)17-4-2-1-3-16(17)14-5-6-15-11-21(8-7-13(15)9-14)12-27-20(26)22-21/h1-6,9,18,23H,7-8,10-12H2,(H,22,26)(H,24,25). The third-order valence-electron chi connectivity index (χ3n) is 5.45. The van der Waals surface area contributed by atoms with E-state index in [1.165, 1.54) is 11.1 Å². The van der Waals surface area contributed by atoms with E-state index in [4.69, 9.17) is 9.84 Å². The summed E-state index contributed by atoms with van der Waals surface area (Å²) in [4.78, 5) is 22.4. The van der Waals surface area contributed by atoms with Crippen LogP contribution in [0.25, 0.3) is 11.1 Å². The number of hydrogen-bond donors (Lipinski definition) is 3. The summed E-state index contributed by atoms with van der Waals surface area (Å²) >= 11 is 0. The Morgan fingerprint density at radius 1 is 1.22 bits per heavy atom. The highest BCUT2D eigenvalue weighted by Gasteiger charge is 2.42. The van der Waals surface area contributed by atoms with Crippen LogP contribution in [0.2, 0.25) is 0 Å². The topological polar surface area (TPSA) is 95.9 Å². The van der Waals surface area contributed by atoms with Crippen molar-refractivity contribution in [2.24, 2.45) is 0 Å². The normalized spacial score (nSPS) is 22.0. The van der Waals surface area contributed by atoms with Gasteiger partial charge in [0.2, 0.25) is 0 Å². The van der Waals surface area contributed by atoms with Gasteiger partial charge in [0.05, 0.1) is 18.1 Å². The fraction of sp³-hybridized carbons (Fsp3) is 0.333. The van der Waals surface area contributed by atoms with E-state index in [0.29, 0.717) is 12.2 Å². The van der Waals surface area contributed by atoms with Crippen molar-refractivity contribution in [2.45, 2.75) is 37.3 Å². The van der Waals surface area contributed by atoms with Gasteiger partial charge in [0.1, 0.15) is 6.61 Å². The Hall–Kier alpha value is -2.86. The van der Waals surface area contributed by atoms with Crippen LogP contribution in [0.15, 0.2) is 42.5 Å². The zero-order valence-electron chi connectivity index (χ0n) is 14.8. The molecule has 2 aromatic carbocycles. The number of nitrogens with one attached hydrogen (secondary N) is 1. The van der Waals surface area contributed by atoms with Crippen molar-refractivity contribution in [3.63, 3.8) is 0 Å².